The van der Waals surface area contributed by atoms with E-state index in [1.165, 1.54) is 0 Å². The van der Waals surface area contributed by atoms with Crippen LogP contribution in [0.25, 0.3) is 0 Å². The van der Waals surface area contributed by atoms with Crippen LogP contribution in [-0.4, -0.2) is 5.78 Å². The quantitative estimate of drug-likeness (QED) is 0.500. The van der Waals surface area contributed by atoms with Crippen LogP contribution >= 0.6 is 0 Å². The predicted octanol–water partition coefficient (Wildman–Crippen LogP) is 2.63. The Morgan fingerprint density at radius 2 is 1.83 bits per heavy atom. The minimum absolute atomic E-state index is 0.00347. The van der Waals surface area contributed by atoms with Gasteiger partial charge < -0.3 is 0 Å². The van der Waals surface area contributed by atoms with Crippen LogP contribution in [0.4, 0.5) is 0 Å². The first-order chi connectivity index (χ1) is 5.83. The molecular weight excluding hydrogens is 148 g/mol. The Kier molecular flexibility index (Phi) is 1.87. The molecule has 0 aromatic heterocycles. The van der Waals surface area contributed by atoms with Gasteiger partial charge in [0.15, 0.2) is 5.78 Å². The zero-order valence-corrected chi connectivity index (χ0v) is 7.25. The van der Waals surface area contributed by atoms with Crippen molar-refractivity contribution in [3.8, 4) is 0 Å². The first kappa shape index (κ1) is 7.78. The number of ketones is 1. The highest BCUT2D eigenvalue weighted by Crippen LogP contribution is 2.40. The summed E-state index contributed by atoms with van der Waals surface area (Å²) < 4.78 is 0. The van der Waals surface area contributed by atoms with Crippen molar-refractivity contribution in [2.24, 2.45) is 5.41 Å². The molecule has 0 saturated carbocycles. The summed E-state index contributed by atoms with van der Waals surface area (Å²) in [6.07, 6.45) is 13.4. The molecule has 2 aliphatic carbocycles. The summed E-state index contributed by atoms with van der Waals surface area (Å²) >= 11 is 0. The molecule has 1 atom stereocenters. The fraction of sp³-hybridized carbons (Fsp3) is 0.545. The standard InChI is InChI=1S/C11H14O/c12-10-6-2-5-9-11(10)7-3-1-4-8-11/h1-3,6H,4-5,7-9H2. The average molecular weight is 162 g/mol. The lowest BCUT2D eigenvalue weighted by Gasteiger charge is -2.34. The van der Waals surface area contributed by atoms with Gasteiger partial charge in [0, 0.05) is 5.41 Å². The topological polar surface area (TPSA) is 17.1 Å². The van der Waals surface area contributed by atoms with Crippen LogP contribution in [0, 0.1) is 5.41 Å². The van der Waals surface area contributed by atoms with Gasteiger partial charge in [0.05, 0.1) is 0 Å². The number of rotatable bonds is 0. The van der Waals surface area contributed by atoms with Crippen LogP contribution in [-0.2, 0) is 4.79 Å². The Hall–Kier alpha value is -0.850. The van der Waals surface area contributed by atoms with E-state index in [1.807, 2.05) is 6.08 Å². The van der Waals surface area contributed by atoms with Crippen molar-refractivity contribution in [1.82, 2.24) is 0 Å². The molecule has 12 heavy (non-hydrogen) atoms. The van der Waals surface area contributed by atoms with Crippen molar-refractivity contribution in [3.63, 3.8) is 0 Å². The lowest BCUT2D eigenvalue weighted by atomic mass is 9.68. The molecule has 1 nitrogen and oxygen atoms in total. The van der Waals surface area contributed by atoms with Crippen molar-refractivity contribution in [2.75, 3.05) is 0 Å². The summed E-state index contributed by atoms with van der Waals surface area (Å²) in [5, 5.41) is 0. The third-order valence-corrected chi connectivity index (χ3v) is 3.05. The van der Waals surface area contributed by atoms with Crippen molar-refractivity contribution >= 4 is 5.78 Å². The Labute approximate surface area is 73.2 Å². The predicted molar refractivity (Wildman–Crippen MR) is 48.8 cm³/mol. The fourth-order valence-electron chi connectivity index (χ4n) is 2.19. The second kappa shape index (κ2) is 2.89. The molecule has 0 heterocycles. The second-order valence-electron chi connectivity index (χ2n) is 3.80. The van der Waals surface area contributed by atoms with Crippen molar-refractivity contribution in [1.29, 1.82) is 0 Å². The summed E-state index contributed by atoms with van der Waals surface area (Å²) in [6.45, 7) is 0. The van der Waals surface area contributed by atoms with Crippen LogP contribution < -0.4 is 0 Å². The molecule has 2 rings (SSSR count). The first-order valence-corrected chi connectivity index (χ1v) is 4.69. The minimum Gasteiger partial charge on any atom is -0.294 e. The van der Waals surface area contributed by atoms with E-state index >= 15 is 0 Å². The lowest BCUT2D eigenvalue weighted by Crippen LogP contribution is -2.32. The molecule has 0 aromatic carbocycles. The Balaban J connectivity index is 2.24. The highest BCUT2D eigenvalue weighted by molar-refractivity contribution is 5.95. The van der Waals surface area contributed by atoms with Gasteiger partial charge in [-0.1, -0.05) is 18.2 Å². The summed E-state index contributed by atoms with van der Waals surface area (Å²) in [7, 11) is 0. The normalized spacial score (nSPS) is 34.5. The van der Waals surface area contributed by atoms with Gasteiger partial charge in [-0.15, -0.1) is 0 Å². The Morgan fingerprint density at radius 1 is 1.08 bits per heavy atom. The highest BCUT2D eigenvalue weighted by atomic mass is 16.1. The molecule has 0 bridgehead atoms. The molecule has 2 aliphatic rings. The molecule has 64 valence electrons. The van der Waals surface area contributed by atoms with Crippen molar-refractivity contribution in [3.05, 3.63) is 24.3 Å². The van der Waals surface area contributed by atoms with E-state index in [2.05, 4.69) is 12.2 Å². The minimum atomic E-state index is 0.00347. The zero-order valence-electron chi connectivity index (χ0n) is 7.25. The van der Waals surface area contributed by atoms with E-state index in [1.54, 1.807) is 6.08 Å². The molecule has 0 N–H and O–H groups in total. The molecule has 1 spiro atoms. The molecule has 1 heteroatoms. The summed E-state index contributed by atoms with van der Waals surface area (Å²) in [4.78, 5) is 11.7. The first-order valence-electron chi connectivity index (χ1n) is 4.69. The van der Waals surface area contributed by atoms with Gasteiger partial charge >= 0.3 is 0 Å². The lowest BCUT2D eigenvalue weighted by molar-refractivity contribution is -0.125. The molecule has 0 amide bonds. The maximum atomic E-state index is 11.7. The summed E-state index contributed by atoms with van der Waals surface area (Å²) in [6, 6.07) is 0. The molecule has 0 fully saturated rings. The van der Waals surface area contributed by atoms with E-state index in [0.717, 1.165) is 32.1 Å². The van der Waals surface area contributed by atoms with Crippen LogP contribution in [0.2, 0.25) is 0 Å². The van der Waals surface area contributed by atoms with Gasteiger partial charge in [0.1, 0.15) is 0 Å². The molecule has 0 radical (unpaired) electrons. The van der Waals surface area contributed by atoms with Crippen LogP contribution in [0.15, 0.2) is 24.3 Å². The SMILES string of the molecule is O=C1C=CCCC12CC=CCC2. The van der Waals surface area contributed by atoms with Crippen molar-refractivity contribution < 1.29 is 4.79 Å². The number of allylic oxidation sites excluding steroid dienone is 4. The highest BCUT2D eigenvalue weighted by Gasteiger charge is 2.36. The maximum Gasteiger partial charge on any atom is 0.161 e. The Morgan fingerprint density at radius 3 is 2.42 bits per heavy atom. The number of carbonyl (C=O) groups is 1. The van der Waals surface area contributed by atoms with Crippen LogP contribution in [0.5, 0.6) is 0 Å². The zero-order chi connectivity index (χ0) is 8.44. The third-order valence-electron chi connectivity index (χ3n) is 3.05. The van der Waals surface area contributed by atoms with E-state index in [0.29, 0.717) is 5.78 Å². The van der Waals surface area contributed by atoms with E-state index in [9.17, 15) is 4.79 Å². The smallest absolute Gasteiger partial charge is 0.161 e. The molecular formula is C11H14O. The number of carbonyl (C=O) groups excluding carboxylic acids is 1. The molecule has 0 saturated heterocycles. The van der Waals surface area contributed by atoms with Gasteiger partial charge in [0.25, 0.3) is 0 Å². The monoisotopic (exact) mass is 162 g/mol. The molecule has 1 unspecified atom stereocenters. The third kappa shape index (κ3) is 1.13. The summed E-state index contributed by atoms with van der Waals surface area (Å²) in [5.41, 5.74) is 0.00347. The van der Waals surface area contributed by atoms with Gasteiger partial charge in [-0.05, 0) is 38.2 Å². The van der Waals surface area contributed by atoms with Gasteiger partial charge in [-0.25, -0.2) is 0 Å². The van der Waals surface area contributed by atoms with E-state index in [4.69, 9.17) is 0 Å². The van der Waals surface area contributed by atoms with Gasteiger partial charge in [0.2, 0.25) is 0 Å². The van der Waals surface area contributed by atoms with Crippen LogP contribution in [0.3, 0.4) is 0 Å². The van der Waals surface area contributed by atoms with E-state index < -0.39 is 0 Å². The Bertz CT molecular complexity index is 246. The second-order valence-corrected chi connectivity index (χ2v) is 3.80. The van der Waals surface area contributed by atoms with Gasteiger partial charge in [-0.2, -0.15) is 0 Å². The maximum absolute atomic E-state index is 11.7. The molecule has 0 aromatic rings. The fourth-order valence-corrected chi connectivity index (χ4v) is 2.19. The van der Waals surface area contributed by atoms with Gasteiger partial charge in [-0.3, -0.25) is 4.79 Å². The largest absolute Gasteiger partial charge is 0.294 e. The molecule has 0 aliphatic heterocycles. The van der Waals surface area contributed by atoms with Crippen molar-refractivity contribution in [2.45, 2.75) is 32.1 Å². The van der Waals surface area contributed by atoms with Crippen LogP contribution in [0.1, 0.15) is 32.1 Å². The number of hydrogen-bond donors (Lipinski definition) is 0. The van der Waals surface area contributed by atoms with E-state index in [-0.39, 0.29) is 5.41 Å². The summed E-state index contributed by atoms with van der Waals surface area (Å²) in [5.74, 6) is 0.359. The number of hydrogen-bond acceptors (Lipinski definition) is 1. The average Bonchev–Trinajstić information content (AvgIpc) is 2.12.